The summed E-state index contributed by atoms with van der Waals surface area (Å²) in [6, 6.07) is 21.2. The molecule has 0 saturated carbocycles. The van der Waals surface area contributed by atoms with Crippen molar-refractivity contribution in [2.75, 3.05) is 6.61 Å². The highest BCUT2D eigenvalue weighted by Crippen LogP contribution is 2.35. The third-order valence-electron chi connectivity index (χ3n) is 5.97. The molecule has 0 atom stereocenters. The van der Waals surface area contributed by atoms with E-state index >= 15 is 0 Å². The highest BCUT2D eigenvalue weighted by atomic mass is 16.6. The number of hydrogen-bond donors (Lipinski definition) is 0. The van der Waals surface area contributed by atoms with Gasteiger partial charge in [0.15, 0.2) is 5.75 Å². The van der Waals surface area contributed by atoms with Gasteiger partial charge in [0.1, 0.15) is 17.9 Å². The Kier molecular flexibility index (Phi) is 9.31. The van der Waals surface area contributed by atoms with E-state index in [1.54, 1.807) is 72.8 Å². The van der Waals surface area contributed by atoms with E-state index in [9.17, 15) is 14.4 Å². The van der Waals surface area contributed by atoms with Gasteiger partial charge in [0.25, 0.3) is 5.75 Å². The number of carbonyl (C=O) groups is 2. The lowest BCUT2D eigenvalue weighted by molar-refractivity contribution is 0.0678. The molecule has 40 heavy (non-hydrogen) atoms. The second-order valence-electron chi connectivity index (χ2n) is 9.40. The lowest BCUT2D eigenvalue weighted by Gasteiger charge is -2.13. The minimum Gasteiger partial charge on any atom is -0.489 e. The Balaban J connectivity index is 1.64. The van der Waals surface area contributed by atoms with Crippen LogP contribution >= 0.6 is 0 Å². The SMILES string of the molecule is CC(C)=CCCC(C)=CCOc1ccc2c(OC(=O)c3ccccc3)c(OC(=O)c3ccccc3)c(=O)oc2c1. The predicted molar refractivity (Wildman–Crippen MR) is 153 cm³/mol. The fourth-order valence-corrected chi connectivity index (χ4v) is 3.84. The van der Waals surface area contributed by atoms with Gasteiger partial charge >= 0.3 is 17.6 Å². The second kappa shape index (κ2) is 13.2. The van der Waals surface area contributed by atoms with Crippen LogP contribution in [-0.2, 0) is 0 Å². The molecule has 0 spiro atoms. The fraction of sp³-hybridized carbons (Fsp3) is 0.182. The number of hydrogen-bond acceptors (Lipinski definition) is 7. The fourth-order valence-electron chi connectivity index (χ4n) is 3.84. The van der Waals surface area contributed by atoms with E-state index in [1.165, 1.54) is 17.2 Å². The molecule has 0 saturated heterocycles. The monoisotopic (exact) mass is 538 g/mol. The maximum atomic E-state index is 13.0. The molecule has 7 heteroatoms. The Morgan fingerprint density at radius 2 is 1.38 bits per heavy atom. The summed E-state index contributed by atoms with van der Waals surface area (Å²) in [5.74, 6) is -1.80. The molecule has 4 aromatic rings. The lowest BCUT2D eigenvalue weighted by Crippen LogP contribution is -2.18. The molecule has 0 radical (unpaired) electrons. The number of carbonyl (C=O) groups excluding carboxylic acids is 2. The quantitative estimate of drug-likeness (QED) is 0.119. The van der Waals surface area contributed by atoms with Gasteiger partial charge < -0.3 is 18.6 Å². The summed E-state index contributed by atoms with van der Waals surface area (Å²) < 4.78 is 22.4. The van der Waals surface area contributed by atoms with Gasteiger partial charge in [-0.15, -0.1) is 0 Å². The molecule has 4 rings (SSSR count). The average molecular weight is 539 g/mol. The molecule has 7 nitrogen and oxygen atoms in total. The van der Waals surface area contributed by atoms with Gasteiger partial charge in [-0.2, -0.15) is 0 Å². The first-order chi connectivity index (χ1) is 19.3. The number of benzene rings is 3. The second-order valence-corrected chi connectivity index (χ2v) is 9.40. The molecule has 0 unspecified atom stereocenters. The van der Waals surface area contributed by atoms with Crippen molar-refractivity contribution in [2.24, 2.45) is 0 Å². The van der Waals surface area contributed by atoms with E-state index in [4.69, 9.17) is 18.6 Å². The van der Waals surface area contributed by atoms with Crippen LogP contribution in [0.1, 0.15) is 54.3 Å². The normalized spacial score (nSPS) is 11.1. The minimum atomic E-state index is -0.972. The topological polar surface area (TPSA) is 92.0 Å². The zero-order valence-electron chi connectivity index (χ0n) is 22.6. The molecule has 1 aromatic heterocycles. The van der Waals surface area contributed by atoms with Gasteiger partial charge in [0.2, 0.25) is 0 Å². The molecule has 0 N–H and O–H groups in total. The first-order valence-corrected chi connectivity index (χ1v) is 12.9. The standard InChI is InChI=1S/C33H30O7/c1-22(2)11-10-12-23(3)19-20-37-26-17-18-27-28(21-26)38-33(36)30(40-32(35)25-15-8-5-9-16-25)29(27)39-31(34)24-13-6-4-7-14-24/h4-9,11,13-19,21H,10,12,20H2,1-3H3. The zero-order valence-corrected chi connectivity index (χ0v) is 22.6. The minimum absolute atomic E-state index is 0.113. The van der Waals surface area contributed by atoms with Crippen LogP contribution in [-0.4, -0.2) is 18.5 Å². The molecular formula is C33H30O7. The number of esters is 2. The summed E-state index contributed by atoms with van der Waals surface area (Å²) in [6.45, 7) is 6.53. The van der Waals surface area contributed by atoms with E-state index in [0.717, 1.165) is 12.8 Å². The van der Waals surface area contributed by atoms with Gasteiger partial charge in [0, 0.05) is 6.07 Å². The Labute approximate surface area is 232 Å². The largest absolute Gasteiger partial charge is 0.489 e. The van der Waals surface area contributed by atoms with E-state index in [-0.39, 0.29) is 27.8 Å². The number of ether oxygens (including phenoxy) is 3. The van der Waals surface area contributed by atoms with Crippen LogP contribution in [0.2, 0.25) is 0 Å². The third-order valence-corrected chi connectivity index (χ3v) is 5.97. The van der Waals surface area contributed by atoms with Gasteiger partial charge in [-0.3, -0.25) is 0 Å². The molecular weight excluding hydrogens is 508 g/mol. The predicted octanol–water partition coefficient (Wildman–Crippen LogP) is 7.30. The molecule has 3 aromatic carbocycles. The van der Waals surface area contributed by atoms with Crippen LogP contribution < -0.4 is 19.8 Å². The highest BCUT2D eigenvalue weighted by Gasteiger charge is 2.24. The summed E-state index contributed by atoms with van der Waals surface area (Å²) >= 11 is 0. The van der Waals surface area contributed by atoms with Crippen LogP contribution in [0.5, 0.6) is 17.2 Å². The van der Waals surface area contributed by atoms with Crippen LogP contribution in [0.4, 0.5) is 0 Å². The van der Waals surface area contributed by atoms with Gasteiger partial charge in [-0.05, 0) is 76.1 Å². The van der Waals surface area contributed by atoms with Gasteiger partial charge in [-0.25, -0.2) is 14.4 Å². The summed E-state index contributed by atoms with van der Waals surface area (Å²) in [5.41, 5.74) is 2.10. The van der Waals surface area contributed by atoms with Crippen LogP contribution in [0.25, 0.3) is 11.0 Å². The van der Waals surface area contributed by atoms with Crippen LogP contribution in [0.3, 0.4) is 0 Å². The number of allylic oxidation sites excluding steroid dienone is 3. The Morgan fingerprint density at radius 1 is 0.775 bits per heavy atom. The van der Waals surface area contributed by atoms with Gasteiger partial charge in [-0.1, -0.05) is 53.6 Å². The molecule has 0 aliphatic rings. The first kappa shape index (κ1) is 28.1. The summed E-state index contributed by atoms with van der Waals surface area (Å²) in [7, 11) is 0. The Morgan fingerprint density at radius 3 is 1.98 bits per heavy atom. The Bertz CT molecular complexity index is 1610. The zero-order chi connectivity index (χ0) is 28.5. The number of rotatable bonds is 10. The first-order valence-electron chi connectivity index (χ1n) is 12.9. The summed E-state index contributed by atoms with van der Waals surface area (Å²) in [6.07, 6.45) is 6.09. The van der Waals surface area contributed by atoms with Crippen molar-refractivity contribution < 1.29 is 28.2 Å². The van der Waals surface area contributed by atoms with E-state index in [2.05, 4.69) is 19.9 Å². The van der Waals surface area contributed by atoms with E-state index in [1.807, 2.05) is 13.0 Å². The maximum absolute atomic E-state index is 13.0. The average Bonchev–Trinajstić information content (AvgIpc) is 2.95. The van der Waals surface area contributed by atoms with Crippen LogP contribution in [0.15, 0.2) is 111 Å². The molecule has 1 heterocycles. The maximum Gasteiger partial charge on any atom is 0.383 e. The molecule has 204 valence electrons. The van der Waals surface area contributed by atoms with Crippen molar-refractivity contribution in [2.45, 2.75) is 33.6 Å². The van der Waals surface area contributed by atoms with E-state index in [0.29, 0.717) is 12.4 Å². The molecule has 0 aliphatic heterocycles. The smallest absolute Gasteiger partial charge is 0.383 e. The molecule has 0 amide bonds. The Hall–Kier alpha value is -4.91. The van der Waals surface area contributed by atoms with E-state index < -0.39 is 23.3 Å². The molecule has 0 fully saturated rings. The van der Waals surface area contributed by atoms with Crippen molar-refractivity contribution in [3.63, 3.8) is 0 Å². The number of fused-ring (bicyclic) bond motifs is 1. The lowest BCUT2D eigenvalue weighted by atomic mass is 10.1. The highest BCUT2D eigenvalue weighted by molar-refractivity contribution is 5.97. The third kappa shape index (κ3) is 7.35. The van der Waals surface area contributed by atoms with Gasteiger partial charge in [0.05, 0.1) is 16.5 Å². The molecule has 0 aliphatic carbocycles. The van der Waals surface area contributed by atoms with Crippen molar-refractivity contribution in [1.29, 1.82) is 0 Å². The molecule has 0 bridgehead atoms. The van der Waals surface area contributed by atoms with Crippen molar-refractivity contribution in [1.82, 2.24) is 0 Å². The van der Waals surface area contributed by atoms with Crippen molar-refractivity contribution >= 4 is 22.9 Å². The van der Waals surface area contributed by atoms with Crippen molar-refractivity contribution in [3.05, 3.63) is 124 Å². The summed E-state index contributed by atoms with van der Waals surface area (Å²) in [5, 5.41) is 0.264. The van der Waals surface area contributed by atoms with Crippen molar-refractivity contribution in [3.8, 4) is 17.2 Å². The van der Waals surface area contributed by atoms with Crippen LogP contribution in [0, 0.1) is 0 Å². The summed E-state index contributed by atoms with van der Waals surface area (Å²) in [4.78, 5) is 38.7.